The molecular weight excluding hydrogens is 236 g/mol. The smallest absolute Gasteiger partial charge is 0.331 e. The summed E-state index contributed by atoms with van der Waals surface area (Å²) in [7, 11) is -3.70. The van der Waals surface area contributed by atoms with E-state index in [0.29, 0.717) is 5.75 Å². The van der Waals surface area contributed by atoms with Crippen LogP contribution < -0.4 is 4.18 Å². The lowest BCUT2D eigenvalue weighted by molar-refractivity contribution is 0.459. The maximum absolute atomic E-state index is 11.4. The summed E-state index contributed by atoms with van der Waals surface area (Å²) < 4.78 is 27.8. The summed E-state index contributed by atoms with van der Waals surface area (Å²) in [6.07, 6.45) is 0.890. The SMILES string of the molecule is C=CS(=O)(=O)Oc1ccccc1C(C)(C)CC. The Balaban J connectivity index is 3.22. The number of para-hydroxylation sites is 1. The predicted molar refractivity (Wildman–Crippen MR) is 69.5 cm³/mol. The fraction of sp³-hybridized carbons (Fsp3) is 0.385. The molecule has 0 aliphatic rings. The van der Waals surface area contributed by atoms with E-state index in [1.807, 2.05) is 12.1 Å². The molecule has 0 bridgehead atoms. The average molecular weight is 254 g/mol. The van der Waals surface area contributed by atoms with Gasteiger partial charge in [-0.3, -0.25) is 0 Å². The monoisotopic (exact) mass is 254 g/mol. The third kappa shape index (κ3) is 3.33. The Bertz CT molecular complexity index is 501. The topological polar surface area (TPSA) is 43.4 Å². The Morgan fingerprint density at radius 3 is 2.47 bits per heavy atom. The highest BCUT2D eigenvalue weighted by Crippen LogP contribution is 2.34. The molecule has 0 heterocycles. The third-order valence-corrected chi connectivity index (χ3v) is 3.73. The fourth-order valence-electron chi connectivity index (χ4n) is 1.45. The van der Waals surface area contributed by atoms with Crippen molar-refractivity contribution in [2.45, 2.75) is 32.6 Å². The summed E-state index contributed by atoms with van der Waals surface area (Å²) in [5, 5.41) is 0.808. The second-order valence-electron chi connectivity index (χ2n) is 4.48. The largest absolute Gasteiger partial charge is 0.379 e. The molecule has 0 aromatic heterocycles. The van der Waals surface area contributed by atoms with Crippen LogP contribution in [-0.4, -0.2) is 8.42 Å². The van der Waals surface area contributed by atoms with E-state index in [-0.39, 0.29) is 5.41 Å². The summed E-state index contributed by atoms with van der Waals surface area (Å²) in [4.78, 5) is 0. The molecule has 0 amide bonds. The molecule has 0 saturated heterocycles. The minimum atomic E-state index is -3.70. The van der Waals surface area contributed by atoms with Crippen LogP contribution in [0.3, 0.4) is 0 Å². The van der Waals surface area contributed by atoms with E-state index in [9.17, 15) is 8.42 Å². The molecule has 1 aromatic rings. The zero-order valence-electron chi connectivity index (χ0n) is 10.4. The molecule has 0 unspecified atom stereocenters. The van der Waals surface area contributed by atoms with Crippen LogP contribution in [0.15, 0.2) is 36.3 Å². The molecule has 0 aliphatic carbocycles. The highest BCUT2D eigenvalue weighted by molar-refractivity contribution is 7.90. The van der Waals surface area contributed by atoms with Crippen molar-refractivity contribution >= 4 is 10.1 Å². The molecule has 0 spiro atoms. The summed E-state index contributed by atoms with van der Waals surface area (Å²) in [6.45, 7) is 9.38. The first kappa shape index (κ1) is 13.8. The van der Waals surface area contributed by atoms with Crippen LogP contribution in [-0.2, 0) is 15.5 Å². The van der Waals surface area contributed by atoms with Crippen molar-refractivity contribution in [2.75, 3.05) is 0 Å². The number of hydrogen-bond donors (Lipinski definition) is 0. The molecule has 4 heteroatoms. The predicted octanol–water partition coefficient (Wildman–Crippen LogP) is 3.23. The van der Waals surface area contributed by atoms with Crippen LogP contribution in [0.2, 0.25) is 0 Å². The second kappa shape index (κ2) is 4.92. The van der Waals surface area contributed by atoms with Crippen molar-refractivity contribution in [3.8, 4) is 5.75 Å². The summed E-state index contributed by atoms with van der Waals surface area (Å²) in [5.74, 6) is 0.374. The molecular formula is C13H18O3S. The highest BCUT2D eigenvalue weighted by atomic mass is 32.2. The van der Waals surface area contributed by atoms with Gasteiger partial charge in [-0.05, 0) is 17.9 Å². The van der Waals surface area contributed by atoms with Gasteiger partial charge in [0, 0.05) is 5.56 Å². The van der Waals surface area contributed by atoms with Crippen molar-refractivity contribution < 1.29 is 12.6 Å². The maximum atomic E-state index is 11.4. The average Bonchev–Trinajstić information content (AvgIpc) is 2.29. The number of rotatable bonds is 5. The Morgan fingerprint density at radius 1 is 1.35 bits per heavy atom. The highest BCUT2D eigenvalue weighted by Gasteiger charge is 2.23. The summed E-state index contributed by atoms with van der Waals surface area (Å²) >= 11 is 0. The Morgan fingerprint density at radius 2 is 1.94 bits per heavy atom. The zero-order valence-corrected chi connectivity index (χ0v) is 11.3. The van der Waals surface area contributed by atoms with E-state index < -0.39 is 10.1 Å². The van der Waals surface area contributed by atoms with E-state index in [2.05, 4.69) is 27.4 Å². The van der Waals surface area contributed by atoms with Gasteiger partial charge in [-0.2, -0.15) is 8.42 Å². The van der Waals surface area contributed by atoms with Crippen LogP contribution in [0.1, 0.15) is 32.8 Å². The van der Waals surface area contributed by atoms with E-state index in [1.54, 1.807) is 12.1 Å². The lowest BCUT2D eigenvalue weighted by Gasteiger charge is -2.25. The Kier molecular flexibility index (Phi) is 3.98. The van der Waals surface area contributed by atoms with E-state index >= 15 is 0 Å². The van der Waals surface area contributed by atoms with Gasteiger partial charge < -0.3 is 4.18 Å². The van der Waals surface area contributed by atoms with Gasteiger partial charge in [0.1, 0.15) is 5.75 Å². The van der Waals surface area contributed by atoms with Gasteiger partial charge >= 0.3 is 10.1 Å². The summed E-state index contributed by atoms with van der Waals surface area (Å²) in [5.41, 5.74) is 0.751. The fourth-order valence-corrected chi connectivity index (χ4v) is 1.91. The molecule has 0 saturated carbocycles. The molecule has 0 radical (unpaired) electrons. The van der Waals surface area contributed by atoms with E-state index in [1.165, 1.54) is 0 Å². The molecule has 17 heavy (non-hydrogen) atoms. The first-order valence-corrected chi connectivity index (χ1v) is 6.96. The van der Waals surface area contributed by atoms with Crippen LogP contribution in [0.4, 0.5) is 0 Å². The van der Waals surface area contributed by atoms with Crippen molar-refractivity contribution in [1.29, 1.82) is 0 Å². The van der Waals surface area contributed by atoms with Crippen molar-refractivity contribution in [2.24, 2.45) is 0 Å². The Hall–Kier alpha value is -1.29. The van der Waals surface area contributed by atoms with Gasteiger partial charge in [-0.1, -0.05) is 45.5 Å². The maximum Gasteiger partial charge on any atom is 0.331 e. The second-order valence-corrected chi connectivity index (χ2v) is 5.96. The number of hydrogen-bond acceptors (Lipinski definition) is 3. The van der Waals surface area contributed by atoms with Gasteiger partial charge in [-0.25, -0.2) is 0 Å². The van der Waals surface area contributed by atoms with Crippen molar-refractivity contribution in [3.63, 3.8) is 0 Å². The first-order chi connectivity index (χ1) is 7.82. The van der Waals surface area contributed by atoms with Gasteiger partial charge in [-0.15, -0.1) is 0 Å². The van der Waals surface area contributed by atoms with Gasteiger partial charge in [0.2, 0.25) is 0 Å². The van der Waals surface area contributed by atoms with Gasteiger partial charge in [0.15, 0.2) is 0 Å². The van der Waals surface area contributed by atoms with E-state index in [4.69, 9.17) is 4.18 Å². The Labute approximate surface area is 103 Å². The molecule has 0 fully saturated rings. The molecule has 0 N–H and O–H groups in total. The van der Waals surface area contributed by atoms with Gasteiger partial charge in [0.25, 0.3) is 0 Å². The van der Waals surface area contributed by atoms with Crippen LogP contribution in [0.25, 0.3) is 0 Å². The lowest BCUT2D eigenvalue weighted by atomic mass is 9.82. The standard InChI is InChI=1S/C13H18O3S/c1-5-13(3,4)11-9-7-8-10-12(11)16-17(14,15)6-2/h6-10H,2,5H2,1,3-4H3. The summed E-state index contributed by atoms with van der Waals surface area (Å²) in [6, 6.07) is 7.18. The minimum absolute atomic E-state index is 0.132. The quantitative estimate of drug-likeness (QED) is 0.758. The number of benzene rings is 1. The van der Waals surface area contributed by atoms with Crippen molar-refractivity contribution in [3.05, 3.63) is 41.8 Å². The third-order valence-electron chi connectivity index (χ3n) is 2.91. The van der Waals surface area contributed by atoms with Crippen LogP contribution in [0.5, 0.6) is 5.75 Å². The van der Waals surface area contributed by atoms with Crippen molar-refractivity contribution in [1.82, 2.24) is 0 Å². The molecule has 94 valence electrons. The zero-order chi connectivity index (χ0) is 13.1. The normalized spacial score (nSPS) is 12.2. The first-order valence-electron chi connectivity index (χ1n) is 5.49. The lowest BCUT2D eigenvalue weighted by Crippen LogP contribution is -2.18. The minimum Gasteiger partial charge on any atom is -0.379 e. The molecule has 1 rings (SSSR count). The molecule has 0 aliphatic heterocycles. The van der Waals surface area contributed by atoms with Gasteiger partial charge in [0.05, 0.1) is 5.41 Å². The molecule has 1 aromatic carbocycles. The van der Waals surface area contributed by atoms with Crippen LogP contribution in [0, 0.1) is 0 Å². The van der Waals surface area contributed by atoms with E-state index in [0.717, 1.165) is 17.4 Å². The molecule has 3 nitrogen and oxygen atoms in total. The molecule has 0 atom stereocenters. The van der Waals surface area contributed by atoms with Crippen LogP contribution >= 0.6 is 0 Å².